The third-order valence-electron chi connectivity index (χ3n) is 6.36. The molecule has 5 rings (SSSR count). The van der Waals surface area contributed by atoms with Gasteiger partial charge in [0.25, 0.3) is 5.92 Å². The molecule has 3 aliphatic rings. The summed E-state index contributed by atoms with van der Waals surface area (Å²) < 4.78 is 67.9. The summed E-state index contributed by atoms with van der Waals surface area (Å²) >= 11 is 0. The Kier molecular flexibility index (Phi) is 5.08. The molecule has 1 aliphatic carbocycles. The summed E-state index contributed by atoms with van der Waals surface area (Å²) in [5.41, 5.74) is 1.22. The molecule has 2 bridgehead atoms. The number of piperidine rings is 1. The van der Waals surface area contributed by atoms with Crippen molar-refractivity contribution in [3.63, 3.8) is 0 Å². The molecule has 0 radical (unpaired) electrons. The fourth-order valence-corrected chi connectivity index (χ4v) is 6.84. The highest BCUT2D eigenvalue weighted by Gasteiger charge is 2.63. The summed E-state index contributed by atoms with van der Waals surface area (Å²) in [5.74, 6) is -2.01. The summed E-state index contributed by atoms with van der Waals surface area (Å²) in [6, 6.07) is 1.36. The van der Waals surface area contributed by atoms with Crippen molar-refractivity contribution in [3.05, 3.63) is 35.9 Å². The number of aryl methyl sites for hydroxylation is 1. The number of aromatic nitrogens is 3. The van der Waals surface area contributed by atoms with Crippen LogP contribution in [0, 0.1) is 13.8 Å². The molecular formula is C21H24F2N4O4S. The minimum atomic E-state index is -3.70. The third kappa shape index (κ3) is 3.71. The Balaban J connectivity index is 1.35. The number of rotatable bonds is 6. The van der Waals surface area contributed by atoms with E-state index in [1.807, 2.05) is 6.92 Å². The molecule has 2 aliphatic heterocycles. The zero-order chi connectivity index (χ0) is 22.7. The normalized spacial score (nSPS) is 27.3. The van der Waals surface area contributed by atoms with E-state index in [2.05, 4.69) is 15.0 Å². The van der Waals surface area contributed by atoms with Gasteiger partial charge in [-0.1, -0.05) is 0 Å². The molecular weight excluding hydrogens is 442 g/mol. The first-order valence-corrected chi connectivity index (χ1v) is 12.1. The highest BCUT2D eigenvalue weighted by molar-refractivity contribution is 7.90. The Morgan fingerprint density at radius 1 is 1.12 bits per heavy atom. The lowest BCUT2D eigenvalue weighted by atomic mass is 10.0. The molecule has 2 aromatic rings. The molecule has 2 aromatic heterocycles. The minimum absolute atomic E-state index is 0.0865. The quantitative estimate of drug-likeness (QED) is 0.644. The van der Waals surface area contributed by atoms with Crippen LogP contribution >= 0.6 is 0 Å². The van der Waals surface area contributed by atoms with Gasteiger partial charge in [0.15, 0.2) is 5.75 Å². The van der Waals surface area contributed by atoms with Crippen LogP contribution in [0.4, 0.5) is 8.78 Å². The van der Waals surface area contributed by atoms with Crippen molar-refractivity contribution in [1.82, 2.24) is 19.3 Å². The highest BCUT2D eigenvalue weighted by atomic mass is 32.2. The molecule has 3 atom stereocenters. The summed E-state index contributed by atoms with van der Waals surface area (Å²) in [7, 11) is -3.70. The largest absolute Gasteiger partial charge is 0.474 e. The molecule has 2 saturated heterocycles. The second-order valence-electron chi connectivity index (χ2n) is 8.72. The Labute approximate surface area is 185 Å². The van der Waals surface area contributed by atoms with Gasteiger partial charge in [0.05, 0.1) is 22.5 Å². The Morgan fingerprint density at radius 2 is 1.88 bits per heavy atom. The number of ether oxygens (including phenoxy) is 2. The number of alkyl halides is 2. The Morgan fingerprint density at radius 3 is 2.56 bits per heavy atom. The fourth-order valence-electron chi connectivity index (χ4n) is 4.59. The summed E-state index contributed by atoms with van der Waals surface area (Å²) in [6.07, 6.45) is 3.09. The van der Waals surface area contributed by atoms with E-state index in [1.165, 1.54) is 6.33 Å². The van der Waals surface area contributed by atoms with Gasteiger partial charge in [-0.2, -0.15) is 4.31 Å². The number of hydrogen-bond acceptors (Lipinski definition) is 7. The molecule has 8 nitrogen and oxygen atoms in total. The van der Waals surface area contributed by atoms with E-state index in [4.69, 9.17) is 9.47 Å². The van der Waals surface area contributed by atoms with Crippen molar-refractivity contribution in [2.75, 3.05) is 0 Å². The average Bonchev–Trinajstić information content (AvgIpc) is 3.55. The van der Waals surface area contributed by atoms with Crippen LogP contribution < -0.4 is 9.47 Å². The van der Waals surface area contributed by atoms with E-state index in [0.29, 0.717) is 29.8 Å². The number of halogens is 2. The maximum atomic E-state index is 14.7. The van der Waals surface area contributed by atoms with Gasteiger partial charge in [-0.25, -0.2) is 27.2 Å². The number of fused-ring (bicyclic) bond motifs is 2. The molecule has 4 heterocycles. The standard InChI is InChI=1S/C21H24F2N4O4S/c1-12-19(25-11-26-20(12)31-17-4-3-7-24-13(17)2)30-15-8-14-10-21(22,23)18(9-15)27(14)32(28,29)16-5-6-16/h3-4,7,11,14-16,18H,5-6,8-10H2,1-2H3/t14-,15+,18-/m1/s1. The molecule has 11 heteroatoms. The van der Waals surface area contributed by atoms with Crippen LogP contribution in [0.1, 0.15) is 43.4 Å². The van der Waals surface area contributed by atoms with E-state index in [1.54, 1.807) is 25.3 Å². The van der Waals surface area contributed by atoms with Crippen LogP contribution in [0.25, 0.3) is 0 Å². The molecule has 0 N–H and O–H groups in total. The first-order chi connectivity index (χ1) is 15.2. The van der Waals surface area contributed by atoms with Crippen LogP contribution in [0.15, 0.2) is 24.7 Å². The van der Waals surface area contributed by atoms with E-state index in [-0.39, 0.29) is 24.6 Å². The smallest absolute Gasteiger partial charge is 0.266 e. The molecule has 32 heavy (non-hydrogen) atoms. The van der Waals surface area contributed by atoms with Gasteiger partial charge in [0.2, 0.25) is 21.8 Å². The predicted octanol–water partition coefficient (Wildman–Crippen LogP) is 3.39. The SMILES string of the molecule is Cc1ncccc1Oc1ncnc(O[C@H]2C[C@@H]3CC(F)(F)[C@@H](C2)N3S(=O)(=O)C2CC2)c1C. The van der Waals surface area contributed by atoms with Crippen molar-refractivity contribution in [3.8, 4) is 17.5 Å². The first kappa shape index (κ1) is 21.4. The Hall–Kier alpha value is -2.40. The second-order valence-corrected chi connectivity index (χ2v) is 10.8. The maximum absolute atomic E-state index is 14.7. The first-order valence-electron chi connectivity index (χ1n) is 10.6. The minimum Gasteiger partial charge on any atom is -0.474 e. The van der Waals surface area contributed by atoms with Crippen LogP contribution in [-0.2, 0) is 10.0 Å². The number of sulfonamides is 1. The molecule has 0 aromatic carbocycles. The van der Waals surface area contributed by atoms with Crippen molar-refractivity contribution in [1.29, 1.82) is 0 Å². The van der Waals surface area contributed by atoms with Gasteiger partial charge < -0.3 is 9.47 Å². The van der Waals surface area contributed by atoms with Gasteiger partial charge >= 0.3 is 0 Å². The molecule has 3 fully saturated rings. The zero-order valence-corrected chi connectivity index (χ0v) is 18.6. The number of pyridine rings is 1. The lowest BCUT2D eigenvalue weighted by Gasteiger charge is -2.38. The van der Waals surface area contributed by atoms with E-state index in [9.17, 15) is 17.2 Å². The monoisotopic (exact) mass is 466 g/mol. The number of nitrogens with zero attached hydrogens (tertiary/aromatic N) is 4. The summed E-state index contributed by atoms with van der Waals surface area (Å²) in [4.78, 5) is 12.5. The fraction of sp³-hybridized carbons (Fsp3) is 0.571. The van der Waals surface area contributed by atoms with Gasteiger partial charge in [-0.3, -0.25) is 4.98 Å². The molecule has 0 spiro atoms. The Bertz CT molecular complexity index is 1140. The zero-order valence-electron chi connectivity index (χ0n) is 17.7. The van der Waals surface area contributed by atoms with Gasteiger partial charge in [-0.15, -0.1) is 0 Å². The second kappa shape index (κ2) is 7.58. The van der Waals surface area contributed by atoms with E-state index >= 15 is 0 Å². The van der Waals surface area contributed by atoms with Crippen LogP contribution in [0.5, 0.6) is 17.5 Å². The van der Waals surface area contributed by atoms with E-state index in [0.717, 1.165) is 4.31 Å². The molecule has 0 amide bonds. The average molecular weight is 467 g/mol. The van der Waals surface area contributed by atoms with Crippen LogP contribution in [0.3, 0.4) is 0 Å². The molecule has 172 valence electrons. The van der Waals surface area contributed by atoms with Crippen molar-refractivity contribution >= 4 is 10.0 Å². The van der Waals surface area contributed by atoms with Crippen molar-refractivity contribution < 1.29 is 26.7 Å². The molecule has 0 unspecified atom stereocenters. The van der Waals surface area contributed by atoms with Crippen LogP contribution in [0.2, 0.25) is 0 Å². The van der Waals surface area contributed by atoms with Crippen LogP contribution in [-0.4, -0.2) is 57.0 Å². The van der Waals surface area contributed by atoms with Crippen molar-refractivity contribution in [2.45, 2.75) is 75.3 Å². The lowest BCUT2D eigenvalue weighted by molar-refractivity contribution is -0.0358. The van der Waals surface area contributed by atoms with Gasteiger partial charge in [0, 0.05) is 31.5 Å². The lowest BCUT2D eigenvalue weighted by Crippen LogP contribution is -2.52. The summed E-state index contributed by atoms with van der Waals surface area (Å²) in [5, 5.41) is -0.515. The highest BCUT2D eigenvalue weighted by Crippen LogP contribution is 2.50. The molecule has 1 saturated carbocycles. The van der Waals surface area contributed by atoms with Crippen molar-refractivity contribution in [2.24, 2.45) is 0 Å². The number of hydrogen-bond donors (Lipinski definition) is 0. The summed E-state index contributed by atoms with van der Waals surface area (Å²) in [6.45, 7) is 3.54. The predicted molar refractivity (Wildman–Crippen MR) is 110 cm³/mol. The maximum Gasteiger partial charge on any atom is 0.266 e. The van der Waals surface area contributed by atoms with E-state index < -0.39 is 45.8 Å². The van der Waals surface area contributed by atoms with Gasteiger partial charge in [0.1, 0.15) is 12.4 Å². The topological polar surface area (TPSA) is 94.5 Å². The third-order valence-corrected chi connectivity index (χ3v) is 8.81. The van der Waals surface area contributed by atoms with Gasteiger partial charge in [-0.05, 0) is 38.8 Å².